The summed E-state index contributed by atoms with van der Waals surface area (Å²) in [5.74, 6) is 0.298. The Hall–Kier alpha value is -2.02. The zero-order valence-corrected chi connectivity index (χ0v) is 9.22. The molecule has 1 heteroatoms. The molecule has 0 saturated carbocycles. The molecule has 0 spiro atoms. The van der Waals surface area contributed by atoms with Crippen molar-refractivity contribution in [3.8, 4) is 5.75 Å². The first-order valence-corrected chi connectivity index (χ1v) is 5.32. The lowest BCUT2D eigenvalue weighted by Crippen LogP contribution is -1.86. The van der Waals surface area contributed by atoms with Crippen LogP contribution in [0.3, 0.4) is 0 Å². The van der Waals surface area contributed by atoms with E-state index in [1.165, 1.54) is 11.1 Å². The van der Waals surface area contributed by atoms with Crippen LogP contribution in [0.1, 0.15) is 18.1 Å². The molecule has 0 heterocycles. The minimum Gasteiger partial charge on any atom is -0.508 e. The lowest BCUT2D eigenvalue weighted by molar-refractivity contribution is 0.475. The Labute approximate surface area is 95.7 Å². The second-order valence-electron chi connectivity index (χ2n) is 3.62. The first kappa shape index (κ1) is 10.5. The summed E-state index contributed by atoms with van der Waals surface area (Å²) in [6, 6.07) is 17.5. The smallest absolute Gasteiger partial charge is 0.115 e. The largest absolute Gasteiger partial charge is 0.508 e. The van der Waals surface area contributed by atoms with E-state index in [-0.39, 0.29) is 0 Å². The minimum absolute atomic E-state index is 0.298. The monoisotopic (exact) mass is 210 g/mol. The first-order valence-electron chi connectivity index (χ1n) is 5.32. The van der Waals surface area contributed by atoms with E-state index in [9.17, 15) is 5.11 Å². The Balaban J connectivity index is 2.42. The highest BCUT2D eigenvalue weighted by Gasteiger charge is 2.02. The molecular formula is C15H14O. The van der Waals surface area contributed by atoms with Crippen LogP contribution in [-0.4, -0.2) is 5.11 Å². The van der Waals surface area contributed by atoms with Gasteiger partial charge in [-0.05, 0) is 35.8 Å². The molecule has 0 aliphatic carbocycles. The molecule has 16 heavy (non-hydrogen) atoms. The predicted molar refractivity (Wildman–Crippen MR) is 67.3 cm³/mol. The highest BCUT2D eigenvalue weighted by molar-refractivity contribution is 5.79. The fraction of sp³-hybridized carbons (Fsp3) is 0.0667. The quantitative estimate of drug-likeness (QED) is 0.798. The third-order valence-corrected chi connectivity index (χ3v) is 2.55. The average Bonchev–Trinajstić information content (AvgIpc) is 2.34. The zero-order valence-electron chi connectivity index (χ0n) is 9.22. The molecule has 0 saturated heterocycles. The molecule has 0 aliphatic rings. The van der Waals surface area contributed by atoms with Gasteiger partial charge in [0.15, 0.2) is 0 Å². The number of hydrogen-bond acceptors (Lipinski definition) is 1. The van der Waals surface area contributed by atoms with Crippen molar-refractivity contribution in [2.75, 3.05) is 0 Å². The maximum absolute atomic E-state index is 9.26. The fourth-order valence-corrected chi connectivity index (χ4v) is 1.76. The molecule has 0 aromatic heterocycles. The lowest BCUT2D eigenvalue weighted by atomic mass is 9.98. The second-order valence-corrected chi connectivity index (χ2v) is 3.62. The van der Waals surface area contributed by atoms with Crippen molar-refractivity contribution in [2.45, 2.75) is 6.92 Å². The van der Waals surface area contributed by atoms with Crippen LogP contribution in [0.4, 0.5) is 0 Å². The Morgan fingerprint density at radius 2 is 1.44 bits per heavy atom. The molecular weight excluding hydrogens is 196 g/mol. The Morgan fingerprint density at radius 1 is 0.875 bits per heavy atom. The van der Waals surface area contributed by atoms with Crippen molar-refractivity contribution in [3.63, 3.8) is 0 Å². The molecule has 0 aliphatic heterocycles. The van der Waals surface area contributed by atoms with E-state index in [1.807, 2.05) is 37.3 Å². The van der Waals surface area contributed by atoms with Crippen molar-refractivity contribution in [1.29, 1.82) is 0 Å². The van der Waals surface area contributed by atoms with E-state index in [1.54, 1.807) is 12.1 Å². The van der Waals surface area contributed by atoms with Gasteiger partial charge in [0.25, 0.3) is 0 Å². The van der Waals surface area contributed by atoms with Crippen molar-refractivity contribution in [2.24, 2.45) is 0 Å². The standard InChI is InChI=1S/C15H14O/c1-2-15(12-6-4-3-5-7-12)13-8-10-14(16)11-9-13/h2-11,16H,1H3. The topological polar surface area (TPSA) is 20.2 Å². The fourth-order valence-electron chi connectivity index (χ4n) is 1.76. The maximum Gasteiger partial charge on any atom is 0.115 e. The van der Waals surface area contributed by atoms with Crippen LogP contribution < -0.4 is 0 Å². The van der Waals surface area contributed by atoms with Crippen molar-refractivity contribution >= 4 is 5.57 Å². The van der Waals surface area contributed by atoms with Crippen LogP contribution in [0.25, 0.3) is 5.57 Å². The molecule has 0 amide bonds. The van der Waals surface area contributed by atoms with Gasteiger partial charge in [0.1, 0.15) is 5.75 Å². The van der Waals surface area contributed by atoms with E-state index in [2.05, 4.69) is 18.2 Å². The van der Waals surface area contributed by atoms with Crippen LogP contribution in [0.2, 0.25) is 0 Å². The molecule has 0 bridgehead atoms. The number of phenolic OH excluding ortho intramolecular Hbond substituents is 1. The molecule has 1 nitrogen and oxygen atoms in total. The second kappa shape index (κ2) is 4.67. The third kappa shape index (κ3) is 2.14. The van der Waals surface area contributed by atoms with E-state index in [0.717, 1.165) is 5.56 Å². The van der Waals surface area contributed by atoms with Crippen molar-refractivity contribution in [3.05, 3.63) is 71.8 Å². The van der Waals surface area contributed by atoms with Gasteiger partial charge < -0.3 is 5.11 Å². The highest BCUT2D eigenvalue weighted by atomic mass is 16.3. The summed E-state index contributed by atoms with van der Waals surface area (Å²) in [4.78, 5) is 0. The Kier molecular flexibility index (Phi) is 3.06. The van der Waals surface area contributed by atoms with Crippen LogP contribution >= 0.6 is 0 Å². The molecule has 0 radical (unpaired) electrons. The van der Waals surface area contributed by atoms with Gasteiger partial charge in [-0.2, -0.15) is 0 Å². The summed E-state index contributed by atoms with van der Waals surface area (Å²) >= 11 is 0. The van der Waals surface area contributed by atoms with Gasteiger partial charge in [-0.15, -0.1) is 0 Å². The van der Waals surface area contributed by atoms with Crippen LogP contribution in [-0.2, 0) is 0 Å². The average molecular weight is 210 g/mol. The lowest BCUT2D eigenvalue weighted by Gasteiger charge is -2.07. The third-order valence-electron chi connectivity index (χ3n) is 2.55. The molecule has 2 aromatic rings. The van der Waals surface area contributed by atoms with Gasteiger partial charge >= 0.3 is 0 Å². The molecule has 1 N–H and O–H groups in total. The molecule has 0 fully saturated rings. The van der Waals surface area contributed by atoms with Gasteiger partial charge in [0.2, 0.25) is 0 Å². The zero-order chi connectivity index (χ0) is 11.4. The van der Waals surface area contributed by atoms with Crippen LogP contribution in [0.5, 0.6) is 5.75 Å². The van der Waals surface area contributed by atoms with Crippen molar-refractivity contribution < 1.29 is 5.11 Å². The Bertz CT molecular complexity index is 481. The number of aromatic hydroxyl groups is 1. The Morgan fingerprint density at radius 3 is 2.00 bits per heavy atom. The van der Waals surface area contributed by atoms with Gasteiger partial charge in [-0.1, -0.05) is 48.5 Å². The number of hydrogen-bond donors (Lipinski definition) is 1. The summed E-state index contributed by atoms with van der Waals surface area (Å²) in [7, 11) is 0. The molecule has 2 rings (SSSR count). The SMILES string of the molecule is CC=C(c1ccccc1)c1ccc(O)cc1. The molecule has 0 atom stereocenters. The molecule has 2 aromatic carbocycles. The summed E-state index contributed by atoms with van der Waals surface area (Å²) in [6.07, 6.45) is 2.09. The molecule has 0 unspecified atom stereocenters. The summed E-state index contributed by atoms with van der Waals surface area (Å²) in [5.41, 5.74) is 3.49. The van der Waals surface area contributed by atoms with Crippen molar-refractivity contribution in [1.82, 2.24) is 0 Å². The maximum atomic E-state index is 9.26. The van der Waals surface area contributed by atoms with E-state index in [4.69, 9.17) is 0 Å². The van der Waals surface area contributed by atoms with E-state index in [0.29, 0.717) is 5.75 Å². The number of allylic oxidation sites excluding steroid dienone is 1. The first-order chi connectivity index (χ1) is 7.81. The van der Waals surface area contributed by atoms with Gasteiger partial charge in [0, 0.05) is 0 Å². The van der Waals surface area contributed by atoms with Crippen LogP contribution in [0, 0.1) is 0 Å². The highest BCUT2D eigenvalue weighted by Crippen LogP contribution is 2.24. The summed E-state index contributed by atoms with van der Waals surface area (Å²) in [6.45, 7) is 2.02. The summed E-state index contributed by atoms with van der Waals surface area (Å²) in [5, 5.41) is 9.26. The van der Waals surface area contributed by atoms with Gasteiger partial charge in [-0.3, -0.25) is 0 Å². The summed E-state index contributed by atoms with van der Waals surface area (Å²) < 4.78 is 0. The normalized spacial score (nSPS) is 11.4. The van der Waals surface area contributed by atoms with Gasteiger partial charge in [0.05, 0.1) is 0 Å². The number of rotatable bonds is 2. The minimum atomic E-state index is 0.298. The predicted octanol–water partition coefficient (Wildman–Crippen LogP) is 3.84. The van der Waals surface area contributed by atoms with E-state index >= 15 is 0 Å². The van der Waals surface area contributed by atoms with E-state index < -0.39 is 0 Å². The molecule has 80 valence electrons. The number of benzene rings is 2. The number of phenols is 1. The van der Waals surface area contributed by atoms with Gasteiger partial charge in [-0.25, -0.2) is 0 Å². The van der Waals surface area contributed by atoms with Crippen LogP contribution in [0.15, 0.2) is 60.7 Å².